The maximum absolute atomic E-state index is 12.2. The Morgan fingerprint density at radius 2 is 1.81 bits per heavy atom. The minimum atomic E-state index is -0.499. The Labute approximate surface area is 161 Å². The minimum Gasteiger partial charge on any atom is -0.468 e. The predicted molar refractivity (Wildman–Crippen MR) is 103 cm³/mol. The Bertz CT molecular complexity index is 937. The highest BCUT2D eigenvalue weighted by Gasteiger charge is 2.16. The molecule has 0 saturated heterocycles. The summed E-state index contributed by atoms with van der Waals surface area (Å²) in [4.78, 5) is 23.5. The Morgan fingerprint density at radius 1 is 1.11 bits per heavy atom. The molecule has 0 aliphatic rings. The van der Waals surface area contributed by atoms with Gasteiger partial charge in [-0.2, -0.15) is 5.10 Å². The molecular formula is C20H18ClN3O3. The summed E-state index contributed by atoms with van der Waals surface area (Å²) in [5.41, 5.74) is 3.16. The van der Waals surface area contributed by atoms with Gasteiger partial charge in [0, 0.05) is 22.3 Å². The van der Waals surface area contributed by atoms with Gasteiger partial charge in [0.05, 0.1) is 24.9 Å². The van der Waals surface area contributed by atoms with E-state index in [1.807, 2.05) is 48.7 Å². The number of benzene rings is 2. The van der Waals surface area contributed by atoms with Crippen molar-refractivity contribution >= 4 is 23.5 Å². The molecule has 0 radical (unpaired) electrons. The zero-order valence-electron chi connectivity index (χ0n) is 14.7. The van der Waals surface area contributed by atoms with Gasteiger partial charge < -0.3 is 10.1 Å². The zero-order chi connectivity index (χ0) is 19.2. The van der Waals surface area contributed by atoms with Crippen molar-refractivity contribution in [2.24, 2.45) is 0 Å². The zero-order valence-corrected chi connectivity index (χ0v) is 15.4. The van der Waals surface area contributed by atoms with Gasteiger partial charge in [0.1, 0.15) is 6.54 Å². The van der Waals surface area contributed by atoms with Crippen molar-refractivity contribution in [1.82, 2.24) is 15.1 Å². The van der Waals surface area contributed by atoms with Crippen molar-refractivity contribution in [3.63, 3.8) is 0 Å². The van der Waals surface area contributed by atoms with Crippen LogP contribution >= 0.6 is 11.6 Å². The van der Waals surface area contributed by atoms with E-state index in [4.69, 9.17) is 11.6 Å². The molecular weight excluding hydrogens is 366 g/mol. The van der Waals surface area contributed by atoms with Gasteiger partial charge in [-0.25, -0.2) is 4.68 Å². The van der Waals surface area contributed by atoms with Gasteiger partial charge in [0.15, 0.2) is 0 Å². The summed E-state index contributed by atoms with van der Waals surface area (Å²) in [5.74, 6) is -0.788. The van der Waals surface area contributed by atoms with Gasteiger partial charge in [-0.15, -0.1) is 0 Å². The summed E-state index contributed by atoms with van der Waals surface area (Å²) in [5, 5.41) is 7.82. The standard InChI is InChI=1S/C20H18ClN3O3/c1-27-19(26)12-22-18(25)11-15-13-24(17-5-3-2-4-6-17)23-20(15)14-7-9-16(21)10-8-14/h2-10,13H,11-12H2,1H3,(H,22,25). The van der Waals surface area contributed by atoms with Gasteiger partial charge >= 0.3 is 5.97 Å². The molecule has 3 rings (SSSR count). The maximum Gasteiger partial charge on any atom is 0.325 e. The normalized spacial score (nSPS) is 10.4. The van der Waals surface area contributed by atoms with Crippen LogP contribution in [0.25, 0.3) is 16.9 Å². The maximum atomic E-state index is 12.2. The Balaban J connectivity index is 1.90. The second kappa shape index (κ2) is 8.51. The van der Waals surface area contributed by atoms with Gasteiger partial charge in [-0.3, -0.25) is 9.59 Å². The summed E-state index contributed by atoms with van der Waals surface area (Å²) in [6.45, 7) is -0.168. The highest BCUT2D eigenvalue weighted by atomic mass is 35.5. The Morgan fingerprint density at radius 3 is 2.48 bits per heavy atom. The fourth-order valence-electron chi connectivity index (χ4n) is 2.58. The minimum absolute atomic E-state index is 0.0851. The van der Waals surface area contributed by atoms with Crippen molar-refractivity contribution in [2.45, 2.75) is 6.42 Å². The molecule has 0 atom stereocenters. The first-order valence-electron chi connectivity index (χ1n) is 8.30. The summed E-state index contributed by atoms with van der Waals surface area (Å²) in [7, 11) is 1.27. The van der Waals surface area contributed by atoms with E-state index in [1.54, 1.807) is 16.8 Å². The van der Waals surface area contributed by atoms with Crippen molar-refractivity contribution in [2.75, 3.05) is 13.7 Å². The van der Waals surface area contributed by atoms with Crippen LogP contribution in [0.3, 0.4) is 0 Å². The van der Waals surface area contributed by atoms with Crippen LogP contribution in [0.5, 0.6) is 0 Å². The van der Waals surface area contributed by atoms with Crippen molar-refractivity contribution < 1.29 is 14.3 Å². The van der Waals surface area contributed by atoms with Crippen LogP contribution in [0.15, 0.2) is 60.8 Å². The van der Waals surface area contributed by atoms with Gasteiger partial charge in [-0.05, 0) is 24.3 Å². The number of carbonyl (C=O) groups is 2. The lowest BCUT2D eigenvalue weighted by atomic mass is 10.1. The summed E-state index contributed by atoms with van der Waals surface area (Å²) < 4.78 is 6.26. The lowest BCUT2D eigenvalue weighted by Crippen LogP contribution is -2.31. The average molecular weight is 384 g/mol. The number of rotatable bonds is 6. The number of halogens is 1. The van der Waals surface area contributed by atoms with Crippen LogP contribution in [-0.2, 0) is 20.7 Å². The molecule has 7 heteroatoms. The molecule has 3 aromatic rings. The highest BCUT2D eigenvalue weighted by molar-refractivity contribution is 6.30. The predicted octanol–water partition coefficient (Wildman–Crippen LogP) is 3.02. The van der Waals surface area contributed by atoms with Crippen LogP contribution in [-0.4, -0.2) is 35.3 Å². The SMILES string of the molecule is COC(=O)CNC(=O)Cc1cn(-c2ccccc2)nc1-c1ccc(Cl)cc1. The molecule has 1 aromatic heterocycles. The monoisotopic (exact) mass is 383 g/mol. The van der Waals surface area contributed by atoms with Crippen LogP contribution in [0.4, 0.5) is 0 Å². The number of hydrogen-bond acceptors (Lipinski definition) is 4. The molecule has 0 unspecified atom stereocenters. The fraction of sp³-hybridized carbons (Fsp3) is 0.150. The molecule has 27 heavy (non-hydrogen) atoms. The number of nitrogens with zero attached hydrogens (tertiary/aromatic N) is 2. The first-order valence-corrected chi connectivity index (χ1v) is 8.68. The quantitative estimate of drug-likeness (QED) is 0.664. The topological polar surface area (TPSA) is 73.2 Å². The second-order valence-electron chi connectivity index (χ2n) is 5.82. The van der Waals surface area contributed by atoms with E-state index in [1.165, 1.54) is 7.11 Å². The lowest BCUT2D eigenvalue weighted by molar-refractivity contribution is -0.141. The van der Waals surface area contributed by atoms with Crippen molar-refractivity contribution in [3.05, 3.63) is 71.4 Å². The fourth-order valence-corrected chi connectivity index (χ4v) is 2.71. The van der Waals surface area contributed by atoms with Crippen molar-refractivity contribution in [3.8, 4) is 16.9 Å². The second-order valence-corrected chi connectivity index (χ2v) is 6.26. The van der Waals surface area contributed by atoms with E-state index >= 15 is 0 Å². The molecule has 1 N–H and O–H groups in total. The first-order chi connectivity index (χ1) is 13.1. The molecule has 0 spiro atoms. The number of aromatic nitrogens is 2. The third-order valence-electron chi connectivity index (χ3n) is 3.94. The Hall–Kier alpha value is -3.12. The number of methoxy groups -OCH3 is 1. The summed E-state index contributed by atoms with van der Waals surface area (Å²) in [6.07, 6.45) is 1.90. The molecule has 0 fully saturated rings. The number of hydrogen-bond donors (Lipinski definition) is 1. The number of para-hydroxylation sites is 1. The van der Waals surface area contributed by atoms with Crippen LogP contribution < -0.4 is 5.32 Å². The molecule has 1 heterocycles. The average Bonchev–Trinajstić information content (AvgIpc) is 3.11. The van der Waals surface area contributed by atoms with Gasteiger partial charge in [0.2, 0.25) is 5.91 Å². The van der Waals surface area contributed by atoms with E-state index < -0.39 is 5.97 Å². The number of ether oxygens (including phenoxy) is 1. The Kier molecular flexibility index (Phi) is 5.88. The first kappa shape index (κ1) is 18.7. The number of esters is 1. The van der Waals surface area contributed by atoms with Crippen LogP contribution in [0, 0.1) is 0 Å². The molecule has 0 aliphatic carbocycles. The summed E-state index contributed by atoms with van der Waals surface area (Å²) >= 11 is 5.98. The van der Waals surface area contributed by atoms with Gasteiger partial charge in [-0.1, -0.05) is 41.9 Å². The lowest BCUT2D eigenvalue weighted by Gasteiger charge is -2.04. The van der Waals surface area contributed by atoms with E-state index in [0.717, 1.165) is 16.8 Å². The van der Waals surface area contributed by atoms with Crippen molar-refractivity contribution in [1.29, 1.82) is 0 Å². The van der Waals surface area contributed by atoms with Crippen LogP contribution in [0.1, 0.15) is 5.56 Å². The third-order valence-corrected chi connectivity index (χ3v) is 4.19. The van der Waals surface area contributed by atoms with E-state index in [0.29, 0.717) is 10.7 Å². The third kappa shape index (κ3) is 4.74. The molecule has 0 saturated carbocycles. The van der Waals surface area contributed by atoms with E-state index in [9.17, 15) is 9.59 Å². The number of carbonyl (C=O) groups excluding carboxylic acids is 2. The highest BCUT2D eigenvalue weighted by Crippen LogP contribution is 2.25. The summed E-state index contributed by atoms with van der Waals surface area (Å²) in [6, 6.07) is 16.9. The van der Waals surface area contributed by atoms with Crippen LogP contribution in [0.2, 0.25) is 5.02 Å². The smallest absolute Gasteiger partial charge is 0.325 e. The number of amides is 1. The molecule has 6 nitrogen and oxygen atoms in total. The van der Waals surface area contributed by atoms with Gasteiger partial charge in [0.25, 0.3) is 0 Å². The largest absolute Gasteiger partial charge is 0.468 e. The van der Waals surface area contributed by atoms with E-state index in [-0.39, 0.29) is 18.9 Å². The number of nitrogens with one attached hydrogen (secondary N) is 1. The molecule has 138 valence electrons. The molecule has 0 bridgehead atoms. The molecule has 0 aliphatic heterocycles. The van der Waals surface area contributed by atoms with E-state index in [2.05, 4.69) is 15.2 Å². The molecule has 1 amide bonds. The molecule has 2 aromatic carbocycles.